The zero-order chi connectivity index (χ0) is 75.2. The number of unbranched alkanes of at least 4 members (excludes halogenated alkanes) is 34. The van der Waals surface area contributed by atoms with Crippen molar-refractivity contribution in [3.8, 4) is 0 Å². The van der Waals surface area contributed by atoms with Gasteiger partial charge in [-0.2, -0.15) is 0 Å². The molecule has 0 amide bonds. The van der Waals surface area contributed by atoms with Gasteiger partial charge in [0.05, 0.1) is 26.4 Å². The molecule has 0 aliphatic rings. The van der Waals surface area contributed by atoms with E-state index in [9.17, 15) is 43.5 Å². The highest BCUT2D eigenvalue weighted by molar-refractivity contribution is 7.47. The van der Waals surface area contributed by atoms with E-state index in [2.05, 4.69) is 142 Å². The maximum absolute atomic E-state index is 13.0. The lowest BCUT2D eigenvalue weighted by molar-refractivity contribution is -0.161. The molecule has 0 aromatic heterocycles. The third kappa shape index (κ3) is 78.8. The Labute approximate surface area is 627 Å². The third-order valence-corrected chi connectivity index (χ3v) is 19.0. The normalized spacial score (nSPS) is 14.6. The van der Waals surface area contributed by atoms with Crippen molar-refractivity contribution in [2.45, 2.75) is 360 Å². The number of hydrogen-bond donors (Lipinski definition) is 4. The van der Waals surface area contributed by atoms with Crippen molar-refractivity contribution in [1.82, 2.24) is 0 Å². The molecule has 0 fully saturated rings. The second-order valence-corrected chi connectivity index (χ2v) is 30.1. The number of aliphatic hydroxyl groups excluding tert-OH is 2. The number of allylic oxidation sites excluding steroid dienone is 20. The summed E-state index contributed by atoms with van der Waals surface area (Å²) in [6.45, 7) is 2.56. The van der Waals surface area contributed by atoms with E-state index >= 15 is 0 Å². The van der Waals surface area contributed by atoms with Gasteiger partial charge < -0.3 is 34.2 Å². The van der Waals surface area contributed by atoms with Crippen LogP contribution in [0, 0.1) is 0 Å². The summed E-state index contributed by atoms with van der Waals surface area (Å²) in [4.78, 5) is 58.7. The van der Waals surface area contributed by atoms with Gasteiger partial charge in [0.25, 0.3) is 0 Å². The first-order valence-corrected chi connectivity index (χ1v) is 43.8. The van der Waals surface area contributed by atoms with E-state index in [0.717, 1.165) is 148 Å². The highest BCUT2D eigenvalue weighted by Gasteiger charge is 2.29. The SMILES string of the molecule is CCC/C=C\C/C=C\CCCCCCCC(=O)OC(COC(=O)CCCCCCCCCCCCC/C=C\C/C=C\C/C=C\C/C=C\CCCCC)COP(=O)(O)OCC(O)COP(=O)(O)OCC(O)COC(=O)CCCCCCCCCCCCC/C=C\C/C=C\C/C=C\C/C=C\CCCCC. The average Bonchev–Trinajstić information content (AvgIpc) is 0.935. The summed E-state index contributed by atoms with van der Waals surface area (Å²) in [6.07, 6.45) is 92.5. The van der Waals surface area contributed by atoms with Crippen molar-refractivity contribution in [2.24, 2.45) is 0 Å². The number of carbonyl (C=O) groups excluding carboxylic acids is 3. The Balaban J connectivity index is 4.51. The topological polar surface area (TPSA) is 231 Å². The van der Waals surface area contributed by atoms with Crippen LogP contribution in [0.5, 0.6) is 0 Å². The van der Waals surface area contributed by atoms with Crippen LogP contribution in [0.25, 0.3) is 0 Å². The van der Waals surface area contributed by atoms with Gasteiger partial charge in [-0.25, -0.2) is 9.13 Å². The highest BCUT2D eigenvalue weighted by atomic mass is 31.2. The molecule has 0 aromatic rings. The minimum absolute atomic E-state index is 0.0863. The smallest absolute Gasteiger partial charge is 0.463 e. The fraction of sp³-hybridized carbons (Fsp3) is 0.729. The number of phosphoric acid groups is 2. The summed E-state index contributed by atoms with van der Waals surface area (Å²) in [6, 6.07) is 0. The van der Waals surface area contributed by atoms with Crippen LogP contribution in [0.3, 0.4) is 0 Å². The minimum Gasteiger partial charge on any atom is -0.463 e. The maximum atomic E-state index is 13.0. The molecule has 594 valence electrons. The van der Waals surface area contributed by atoms with Gasteiger partial charge in [-0.3, -0.25) is 32.5 Å². The van der Waals surface area contributed by atoms with Crippen molar-refractivity contribution in [3.63, 3.8) is 0 Å². The molecule has 0 heterocycles. The fourth-order valence-electron chi connectivity index (χ4n) is 10.9. The molecule has 0 aliphatic carbocycles. The fourth-order valence-corrected chi connectivity index (χ4v) is 12.5. The van der Waals surface area contributed by atoms with Crippen LogP contribution in [-0.4, -0.2) is 95.9 Å². The van der Waals surface area contributed by atoms with Gasteiger partial charge in [0.2, 0.25) is 0 Å². The van der Waals surface area contributed by atoms with Crippen molar-refractivity contribution in [2.75, 3.05) is 39.6 Å². The van der Waals surface area contributed by atoms with Gasteiger partial charge in [-0.1, -0.05) is 309 Å². The Morgan fingerprint density at radius 2 is 0.505 bits per heavy atom. The second kappa shape index (κ2) is 77.6. The molecule has 5 atom stereocenters. The van der Waals surface area contributed by atoms with Crippen LogP contribution < -0.4 is 0 Å². The summed E-state index contributed by atoms with van der Waals surface area (Å²) < 4.78 is 61.2. The Morgan fingerprint density at radius 3 is 0.806 bits per heavy atom. The minimum atomic E-state index is -4.94. The second-order valence-electron chi connectivity index (χ2n) is 27.2. The Kier molecular flexibility index (Phi) is 74.5. The van der Waals surface area contributed by atoms with Gasteiger partial charge in [-0.15, -0.1) is 0 Å². The molecule has 0 saturated carbocycles. The lowest BCUT2D eigenvalue weighted by atomic mass is 10.0. The molecule has 18 heteroatoms. The zero-order valence-corrected chi connectivity index (χ0v) is 66.7. The molecule has 0 aromatic carbocycles. The predicted molar refractivity (Wildman–Crippen MR) is 427 cm³/mol. The maximum Gasteiger partial charge on any atom is 0.472 e. The summed E-state index contributed by atoms with van der Waals surface area (Å²) >= 11 is 0. The summed E-state index contributed by atoms with van der Waals surface area (Å²) in [7, 11) is -9.79. The van der Waals surface area contributed by atoms with Gasteiger partial charge in [-0.05, 0) is 135 Å². The number of ether oxygens (including phenoxy) is 3. The van der Waals surface area contributed by atoms with Crippen LogP contribution in [0.1, 0.15) is 342 Å². The van der Waals surface area contributed by atoms with Crippen molar-refractivity contribution < 1.29 is 75.8 Å². The predicted octanol–water partition coefficient (Wildman–Crippen LogP) is 24.1. The van der Waals surface area contributed by atoms with E-state index in [0.29, 0.717) is 19.3 Å². The van der Waals surface area contributed by atoms with Crippen LogP contribution in [-0.2, 0) is 55.8 Å². The largest absolute Gasteiger partial charge is 0.472 e. The number of phosphoric ester groups is 2. The van der Waals surface area contributed by atoms with Crippen molar-refractivity contribution in [1.29, 1.82) is 0 Å². The molecule has 0 aliphatic heterocycles. The van der Waals surface area contributed by atoms with Gasteiger partial charge in [0.15, 0.2) is 6.10 Å². The van der Waals surface area contributed by atoms with Crippen LogP contribution in [0.2, 0.25) is 0 Å². The summed E-state index contributed by atoms with van der Waals surface area (Å²) in [5.41, 5.74) is 0. The highest BCUT2D eigenvalue weighted by Crippen LogP contribution is 2.45. The number of hydrogen-bond acceptors (Lipinski definition) is 14. The summed E-state index contributed by atoms with van der Waals surface area (Å²) in [5, 5.41) is 20.6. The van der Waals surface area contributed by atoms with E-state index < -0.39 is 91.5 Å². The number of aliphatic hydroxyl groups is 2. The van der Waals surface area contributed by atoms with E-state index in [-0.39, 0.29) is 19.3 Å². The standard InChI is InChI=1S/C85H148O16P2/c1-4-7-10-13-16-19-22-25-27-29-31-33-35-37-39-41-43-45-47-49-51-54-56-59-62-65-68-71-83(88)95-74-80(86)75-97-102(91,92)98-76-81(87)77-99-103(93,94)100-79-82(101-85(90)73-70-67-64-61-58-53-24-21-18-15-12-9-6-3)78-96-84(89)72-69-66-63-60-57-55-52-50-48-46-44-42-40-38-36-34-32-30-28-26-23-20-17-14-11-8-5-2/h12,15-17,19-21,24-28,31-34,37-40,80-82,86-87H,4-11,13-14,18,22-23,29-30,35-36,41-79H2,1-3H3,(H,91,92)(H,93,94)/b15-12-,19-16-,20-17-,24-21-,27-25-,28-26-,33-31-,34-32-,39-37-,40-38-. The third-order valence-electron chi connectivity index (χ3n) is 17.1. The molecule has 0 radical (unpaired) electrons. The monoisotopic (exact) mass is 1490 g/mol. The van der Waals surface area contributed by atoms with Crippen molar-refractivity contribution in [3.05, 3.63) is 122 Å². The number of esters is 3. The molecule has 0 rings (SSSR count). The van der Waals surface area contributed by atoms with Crippen LogP contribution >= 0.6 is 15.6 Å². The molecule has 0 spiro atoms. The first kappa shape index (κ1) is 98.9. The first-order chi connectivity index (χ1) is 50.2. The molecular weight excluding hydrogens is 1340 g/mol. The van der Waals surface area contributed by atoms with Crippen molar-refractivity contribution >= 4 is 33.6 Å². The molecule has 5 unspecified atom stereocenters. The Bertz CT molecular complexity index is 2360. The van der Waals surface area contributed by atoms with Crippen LogP contribution in [0.15, 0.2) is 122 Å². The molecule has 0 bridgehead atoms. The Hall–Kier alpha value is -4.05. The lowest BCUT2D eigenvalue weighted by Crippen LogP contribution is -2.30. The van der Waals surface area contributed by atoms with E-state index in [1.807, 2.05) is 0 Å². The average molecular weight is 1490 g/mol. The Morgan fingerprint density at radius 1 is 0.272 bits per heavy atom. The lowest BCUT2D eigenvalue weighted by Gasteiger charge is -2.21. The first-order valence-electron chi connectivity index (χ1n) is 40.8. The number of rotatable bonds is 77. The quantitative estimate of drug-likeness (QED) is 0.0146. The number of carbonyl (C=O) groups is 3. The van der Waals surface area contributed by atoms with Crippen LogP contribution in [0.4, 0.5) is 0 Å². The molecule has 0 saturated heterocycles. The van der Waals surface area contributed by atoms with Gasteiger partial charge in [0.1, 0.15) is 25.4 Å². The molecule has 16 nitrogen and oxygen atoms in total. The summed E-state index contributed by atoms with van der Waals surface area (Å²) in [5.74, 6) is -1.59. The molecular formula is C85H148O16P2. The van der Waals surface area contributed by atoms with E-state index in [1.54, 1.807) is 0 Å². The van der Waals surface area contributed by atoms with Gasteiger partial charge in [0, 0.05) is 19.3 Å². The molecule has 103 heavy (non-hydrogen) atoms. The zero-order valence-electron chi connectivity index (χ0n) is 65.0. The van der Waals surface area contributed by atoms with E-state index in [1.165, 1.54) is 135 Å². The molecule has 4 N–H and O–H groups in total. The van der Waals surface area contributed by atoms with E-state index in [4.69, 9.17) is 32.3 Å². The van der Waals surface area contributed by atoms with Gasteiger partial charge >= 0.3 is 33.6 Å².